The molecule has 6 unspecified atom stereocenters. The summed E-state index contributed by atoms with van der Waals surface area (Å²) in [4.78, 5) is 12.7. The third-order valence-corrected chi connectivity index (χ3v) is 4.09. The molecule has 0 aromatic heterocycles. The van der Waals surface area contributed by atoms with Gasteiger partial charge in [0.2, 0.25) is 0 Å². The first-order valence-corrected chi connectivity index (χ1v) is 8.55. The molecule has 0 saturated carbocycles. The van der Waals surface area contributed by atoms with Gasteiger partial charge in [-0.05, 0) is 6.92 Å². The van der Waals surface area contributed by atoms with Crippen molar-refractivity contribution in [3.63, 3.8) is 0 Å². The quantitative estimate of drug-likeness (QED) is 0.521. The number of aliphatic hydroxyl groups excluding tert-OH is 3. The number of ketones is 1. The molecule has 142 valence electrons. The monoisotopic (exact) mass is 347 g/mol. The number of ether oxygens (including phenoxy) is 2. The fourth-order valence-corrected chi connectivity index (χ4v) is 2.72. The molecule has 1 fully saturated rings. The van der Waals surface area contributed by atoms with E-state index in [4.69, 9.17) is 9.47 Å². The van der Waals surface area contributed by atoms with Crippen LogP contribution < -0.4 is 5.32 Å². The summed E-state index contributed by atoms with van der Waals surface area (Å²) in [6.45, 7) is 10.8. The van der Waals surface area contributed by atoms with Gasteiger partial charge in [0.05, 0.1) is 24.9 Å². The maximum Gasteiger partial charge on any atom is 0.161 e. The molecule has 1 aliphatic heterocycles. The van der Waals surface area contributed by atoms with Crippen LogP contribution in [0.15, 0.2) is 0 Å². The van der Waals surface area contributed by atoms with Crippen LogP contribution >= 0.6 is 0 Å². The SMILES string of the molecule is CC(C)NC(C(=O)C(C)(C)C)C(C)OC1CC(O)C(O)C(CO)O1. The Morgan fingerprint density at radius 1 is 1.29 bits per heavy atom. The Kier molecular flexibility index (Phi) is 7.77. The highest BCUT2D eigenvalue weighted by molar-refractivity contribution is 5.89. The second-order valence-corrected chi connectivity index (χ2v) is 7.83. The summed E-state index contributed by atoms with van der Waals surface area (Å²) in [5.41, 5.74) is -0.527. The summed E-state index contributed by atoms with van der Waals surface area (Å²) in [6.07, 6.45) is -4.29. The van der Waals surface area contributed by atoms with Crippen LogP contribution in [0.1, 0.15) is 48.0 Å². The smallest absolute Gasteiger partial charge is 0.161 e. The molecular weight excluding hydrogens is 314 g/mol. The van der Waals surface area contributed by atoms with Gasteiger partial charge in [-0.25, -0.2) is 0 Å². The van der Waals surface area contributed by atoms with Crippen LogP contribution in [-0.4, -0.2) is 70.5 Å². The molecule has 1 saturated heterocycles. The predicted octanol–water partition coefficient (Wildman–Crippen LogP) is 0.202. The molecule has 6 atom stereocenters. The van der Waals surface area contributed by atoms with E-state index in [9.17, 15) is 20.1 Å². The third-order valence-electron chi connectivity index (χ3n) is 4.09. The number of carbonyl (C=O) groups excluding carboxylic acids is 1. The van der Waals surface area contributed by atoms with Crippen LogP contribution in [0.2, 0.25) is 0 Å². The maximum absolute atomic E-state index is 12.7. The van der Waals surface area contributed by atoms with Gasteiger partial charge in [-0.2, -0.15) is 0 Å². The lowest BCUT2D eigenvalue weighted by molar-refractivity contribution is -0.269. The highest BCUT2D eigenvalue weighted by Gasteiger charge is 2.40. The second kappa shape index (κ2) is 8.69. The van der Waals surface area contributed by atoms with E-state index in [1.54, 1.807) is 6.92 Å². The van der Waals surface area contributed by atoms with Crippen LogP contribution in [0.5, 0.6) is 0 Å². The molecule has 1 aliphatic rings. The minimum Gasteiger partial charge on any atom is -0.394 e. The lowest BCUT2D eigenvalue weighted by Crippen LogP contribution is -2.55. The number of hydrogen-bond donors (Lipinski definition) is 4. The van der Waals surface area contributed by atoms with Gasteiger partial charge >= 0.3 is 0 Å². The van der Waals surface area contributed by atoms with Gasteiger partial charge in [0.1, 0.15) is 12.2 Å². The Morgan fingerprint density at radius 3 is 2.33 bits per heavy atom. The first kappa shape index (κ1) is 21.5. The number of Topliss-reactive ketones (excluding diaryl/α,β-unsaturated/α-hetero) is 1. The van der Waals surface area contributed by atoms with Gasteiger partial charge in [0.15, 0.2) is 12.1 Å². The molecule has 7 heteroatoms. The Labute approximate surface area is 144 Å². The third kappa shape index (κ3) is 5.75. The van der Waals surface area contributed by atoms with Gasteiger partial charge in [-0.1, -0.05) is 34.6 Å². The molecule has 24 heavy (non-hydrogen) atoms. The first-order valence-electron chi connectivity index (χ1n) is 8.55. The molecule has 0 aliphatic carbocycles. The minimum atomic E-state index is -1.15. The second-order valence-electron chi connectivity index (χ2n) is 7.83. The van der Waals surface area contributed by atoms with E-state index in [1.165, 1.54) is 0 Å². The van der Waals surface area contributed by atoms with E-state index in [0.717, 1.165) is 0 Å². The van der Waals surface area contributed by atoms with E-state index in [-0.39, 0.29) is 18.2 Å². The zero-order valence-corrected chi connectivity index (χ0v) is 15.5. The van der Waals surface area contributed by atoms with E-state index in [0.29, 0.717) is 0 Å². The summed E-state index contributed by atoms with van der Waals surface area (Å²) in [7, 11) is 0. The first-order chi connectivity index (χ1) is 11.0. The van der Waals surface area contributed by atoms with E-state index in [2.05, 4.69) is 5.32 Å². The van der Waals surface area contributed by atoms with Gasteiger partial charge < -0.3 is 30.1 Å². The summed E-state index contributed by atoms with van der Waals surface area (Å²) in [6, 6.07) is -0.428. The van der Waals surface area contributed by atoms with Crippen molar-refractivity contribution >= 4 is 5.78 Å². The van der Waals surface area contributed by atoms with E-state index in [1.807, 2.05) is 34.6 Å². The molecule has 1 rings (SSSR count). The number of carbonyl (C=O) groups is 1. The summed E-state index contributed by atoms with van der Waals surface area (Å²) >= 11 is 0. The number of hydrogen-bond acceptors (Lipinski definition) is 7. The Balaban J connectivity index is 2.80. The van der Waals surface area contributed by atoms with Crippen LogP contribution in [-0.2, 0) is 14.3 Å². The summed E-state index contributed by atoms with van der Waals surface area (Å²) in [5.74, 6) is 0.0267. The van der Waals surface area contributed by atoms with Crippen molar-refractivity contribution in [1.82, 2.24) is 5.32 Å². The van der Waals surface area contributed by atoms with Crippen LogP contribution in [0, 0.1) is 5.41 Å². The number of aliphatic hydroxyl groups is 3. The standard InChI is InChI=1S/C17H33NO6/c1-9(2)18-14(16(22)17(4,5)6)10(3)23-13-7-11(20)15(21)12(8-19)24-13/h9-15,18-21H,7-8H2,1-6H3. The Hall–Kier alpha value is -0.570. The normalized spacial score (nSPS) is 31.1. The zero-order chi connectivity index (χ0) is 18.7. The highest BCUT2D eigenvalue weighted by Crippen LogP contribution is 2.25. The van der Waals surface area contributed by atoms with Crippen molar-refractivity contribution in [2.45, 2.75) is 90.8 Å². The van der Waals surface area contributed by atoms with Crippen LogP contribution in [0.3, 0.4) is 0 Å². The maximum atomic E-state index is 12.7. The van der Waals surface area contributed by atoms with Gasteiger partial charge in [-0.15, -0.1) is 0 Å². The van der Waals surface area contributed by atoms with Gasteiger partial charge in [0, 0.05) is 17.9 Å². The molecule has 7 nitrogen and oxygen atoms in total. The molecule has 0 aromatic rings. The van der Waals surface area contributed by atoms with Crippen molar-refractivity contribution in [3.8, 4) is 0 Å². The molecule has 0 aromatic carbocycles. The van der Waals surface area contributed by atoms with Crippen molar-refractivity contribution in [2.24, 2.45) is 5.41 Å². The van der Waals surface area contributed by atoms with Crippen molar-refractivity contribution < 1.29 is 29.6 Å². The molecule has 0 bridgehead atoms. The van der Waals surface area contributed by atoms with Gasteiger partial charge in [-0.3, -0.25) is 4.79 Å². The molecular formula is C17H33NO6. The van der Waals surface area contributed by atoms with Crippen LogP contribution in [0.4, 0.5) is 0 Å². The average Bonchev–Trinajstić information content (AvgIpc) is 2.46. The summed E-state index contributed by atoms with van der Waals surface area (Å²) < 4.78 is 11.3. The molecule has 4 N–H and O–H groups in total. The van der Waals surface area contributed by atoms with Crippen molar-refractivity contribution in [3.05, 3.63) is 0 Å². The average molecular weight is 347 g/mol. The fraction of sp³-hybridized carbons (Fsp3) is 0.941. The van der Waals surface area contributed by atoms with E-state index >= 15 is 0 Å². The number of rotatable bonds is 7. The number of nitrogens with one attached hydrogen (secondary N) is 1. The van der Waals surface area contributed by atoms with E-state index < -0.39 is 48.8 Å². The van der Waals surface area contributed by atoms with Crippen molar-refractivity contribution in [2.75, 3.05) is 6.61 Å². The highest BCUT2D eigenvalue weighted by atomic mass is 16.7. The zero-order valence-electron chi connectivity index (χ0n) is 15.5. The lowest BCUT2D eigenvalue weighted by atomic mass is 9.84. The molecule has 0 radical (unpaired) electrons. The predicted molar refractivity (Wildman–Crippen MR) is 89.4 cm³/mol. The Bertz CT molecular complexity index is 408. The molecule has 1 heterocycles. The topological polar surface area (TPSA) is 108 Å². The molecule has 0 amide bonds. The van der Waals surface area contributed by atoms with Gasteiger partial charge in [0.25, 0.3) is 0 Å². The minimum absolute atomic E-state index is 0.0267. The largest absolute Gasteiger partial charge is 0.394 e. The van der Waals surface area contributed by atoms with Crippen molar-refractivity contribution in [1.29, 1.82) is 0 Å². The summed E-state index contributed by atoms with van der Waals surface area (Å²) in [5, 5.41) is 32.1. The van der Waals surface area contributed by atoms with Crippen LogP contribution in [0.25, 0.3) is 0 Å². The fourth-order valence-electron chi connectivity index (χ4n) is 2.72. The molecule has 0 spiro atoms. The Morgan fingerprint density at radius 2 is 1.88 bits per heavy atom. The lowest BCUT2D eigenvalue weighted by Gasteiger charge is -2.39.